The van der Waals surface area contributed by atoms with Crippen LogP contribution in [0, 0.1) is 5.41 Å². The van der Waals surface area contributed by atoms with Crippen LogP contribution in [-0.2, 0) is 4.79 Å². The van der Waals surface area contributed by atoms with Gasteiger partial charge in [-0.05, 0) is 17.9 Å². The molecule has 0 unspecified atom stereocenters. The first-order valence-electron chi connectivity index (χ1n) is 6.47. The number of rotatable bonds is 3. The fraction of sp³-hybridized carbons (Fsp3) is 0.312. The minimum absolute atomic E-state index is 0.0363. The second-order valence-corrected chi connectivity index (χ2v) is 5.41. The van der Waals surface area contributed by atoms with Crippen molar-refractivity contribution in [2.45, 2.75) is 27.2 Å². The van der Waals surface area contributed by atoms with Crippen molar-refractivity contribution >= 4 is 22.4 Å². The smallest absolute Gasteiger partial charge is 0.230 e. The topological polar surface area (TPSA) is 49.3 Å². The largest absolute Gasteiger partial charge is 0.508 e. The van der Waals surface area contributed by atoms with Crippen molar-refractivity contribution in [2.75, 3.05) is 5.32 Å². The Bertz CT molecular complexity index is 617. The van der Waals surface area contributed by atoms with E-state index in [4.69, 9.17) is 0 Å². The molecular weight excluding hydrogens is 238 g/mol. The summed E-state index contributed by atoms with van der Waals surface area (Å²) in [4.78, 5) is 12.2. The summed E-state index contributed by atoms with van der Waals surface area (Å²) in [6, 6.07) is 10.9. The molecule has 3 heteroatoms. The van der Waals surface area contributed by atoms with Gasteiger partial charge in [-0.15, -0.1) is 0 Å². The van der Waals surface area contributed by atoms with Crippen LogP contribution >= 0.6 is 0 Å². The molecule has 0 aliphatic heterocycles. The molecule has 2 aromatic rings. The predicted octanol–water partition coefficient (Wildman–Crippen LogP) is 3.92. The number of hydrogen-bond acceptors (Lipinski definition) is 2. The Hall–Kier alpha value is -2.03. The lowest BCUT2D eigenvalue weighted by Crippen LogP contribution is -2.30. The van der Waals surface area contributed by atoms with Gasteiger partial charge in [0.15, 0.2) is 0 Å². The Kier molecular flexibility index (Phi) is 3.47. The highest BCUT2D eigenvalue weighted by Crippen LogP contribution is 2.30. The third-order valence-corrected chi connectivity index (χ3v) is 3.59. The van der Waals surface area contributed by atoms with Crippen molar-refractivity contribution in [1.29, 1.82) is 0 Å². The molecule has 2 aromatic carbocycles. The van der Waals surface area contributed by atoms with E-state index in [1.54, 1.807) is 12.1 Å². The first-order chi connectivity index (χ1) is 8.94. The number of phenolic OH excluding ortho intramolecular Hbond substituents is 1. The number of benzene rings is 2. The van der Waals surface area contributed by atoms with Gasteiger partial charge in [0, 0.05) is 16.9 Å². The Labute approximate surface area is 113 Å². The summed E-state index contributed by atoms with van der Waals surface area (Å²) in [7, 11) is 0. The number of phenols is 1. The highest BCUT2D eigenvalue weighted by Gasteiger charge is 2.25. The molecule has 0 saturated heterocycles. The van der Waals surface area contributed by atoms with Crippen LogP contribution in [0.4, 0.5) is 5.69 Å². The molecule has 0 bridgehead atoms. The maximum atomic E-state index is 12.2. The Balaban J connectivity index is 2.43. The van der Waals surface area contributed by atoms with Gasteiger partial charge in [0.2, 0.25) is 5.91 Å². The van der Waals surface area contributed by atoms with Crippen LogP contribution in [0.2, 0.25) is 0 Å². The quantitative estimate of drug-likeness (QED) is 0.875. The monoisotopic (exact) mass is 257 g/mol. The van der Waals surface area contributed by atoms with Crippen LogP contribution < -0.4 is 5.32 Å². The number of carbonyl (C=O) groups excluding carboxylic acids is 1. The number of nitrogens with one attached hydrogen (secondary N) is 1. The van der Waals surface area contributed by atoms with Gasteiger partial charge in [0.1, 0.15) is 5.75 Å². The zero-order valence-electron chi connectivity index (χ0n) is 11.5. The van der Waals surface area contributed by atoms with Gasteiger partial charge in [0.25, 0.3) is 0 Å². The van der Waals surface area contributed by atoms with E-state index in [-0.39, 0.29) is 11.7 Å². The minimum Gasteiger partial charge on any atom is -0.508 e. The first kappa shape index (κ1) is 13.4. The molecule has 3 nitrogen and oxygen atoms in total. The average molecular weight is 257 g/mol. The van der Waals surface area contributed by atoms with Crippen LogP contribution in [0.3, 0.4) is 0 Å². The van der Waals surface area contributed by atoms with Crippen molar-refractivity contribution < 1.29 is 9.90 Å². The third-order valence-electron chi connectivity index (χ3n) is 3.59. The minimum atomic E-state index is -0.424. The van der Waals surface area contributed by atoms with E-state index in [9.17, 15) is 9.90 Å². The molecule has 0 radical (unpaired) electrons. The third kappa shape index (κ3) is 2.70. The number of anilines is 1. The molecule has 2 N–H and O–H groups in total. The van der Waals surface area contributed by atoms with E-state index < -0.39 is 5.41 Å². The van der Waals surface area contributed by atoms with Gasteiger partial charge < -0.3 is 10.4 Å². The maximum absolute atomic E-state index is 12.2. The summed E-state index contributed by atoms with van der Waals surface area (Å²) in [5.41, 5.74) is 0.231. The first-order valence-corrected chi connectivity index (χ1v) is 6.47. The molecule has 0 saturated carbocycles. The molecule has 0 fully saturated rings. The summed E-state index contributed by atoms with van der Waals surface area (Å²) >= 11 is 0. The molecule has 0 atom stereocenters. The van der Waals surface area contributed by atoms with E-state index in [0.29, 0.717) is 5.69 Å². The lowest BCUT2D eigenvalue weighted by Gasteiger charge is -2.22. The summed E-state index contributed by atoms with van der Waals surface area (Å²) in [5.74, 6) is 0.119. The van der Waals surface area contributed by atoms with E-state index in [1.165, 1.54) is 0 Å². The standard InChI is InChI=1S/C16H19NO2/c1-4-16(2,3)15(19)17-14-10-12(18)9-11-7-5-6-8-13(11)14/h5-10,18H,4H2,1-3H3,(H,17,19). The molecule has 100 valence electrons. The average Bonchev–Trinajstić information content (AvgIpc) is 2.38. The van der Waals surface area contributed by atoms with Crippen LogP contribution in [0.25, 0.3) is 10.8 Å². The van der Waals surface area contributed by atoms with E-state index in [0.717, 1.165) is 17.2 Å². The Morgan fingerprint density at radius 3 is 2.63 bits per heavy atom. The zero-order chi connectivity index (χ0) is 14.0. The van der Waals surface area contributed by atoms with E-state index in [2.05, 4.69) is 5.32 Å². The maximum Gasteiger partial charge on any atom is 0.230 e. The lowest BCUT2D eigenvalue weighted by molar-refractivity contribution is -0.124. The number of fused-ring (bicyclic) bond motifs is 1. The summed E-state index contributed by atoms with van der Waals surface area (Å²) in [6.45, 7) is 5.81. The summed E-state index contributed by atoms with van der Waals surface area (Å²) in [6.07, 6.45) is 0.760. The van der Waals surface area contributed by atoms with Gasteiger partial charge in [-0.25, -0.2) is 0 Å². The molecule has 1 amide bonds. The molecule has 2 rings (SSSR count). The molecular formula is C16H19NO2. The van der Waals surface area contributed by atoms with Crippen LogP contribution in [0.5, 0.6) is 5.75 Å². The molecule has 0 aliphatic rings. The number of aromatic hydroxyl groups is 1. The fourth-order valence-electron chi connectivity index (χ4n) is 1.85. The van der Waals surface area contributed by atoms with Crippen LogP contribution in [0.1, 0.15) is 27.2 Å². The zero-order valence-corrected chi connectivity index (χ0v) is 11.5. The van der Waals surface area contributed by atoms with Crippen molar-refractivity contribution in [1.82, 2.24) is 0 Å². The van der Waals surface area contributed by atoms with Gasteiger partial charge in [-0.1, -0.05) is 45.0 Å². The van der Waals surface area contributed by atoms with Gasteiger partial charge >= 0.3 is 0 Å². The molecule has 0 aliphatic carbocycles. The summed E-state index contributed by atoms with van der Waals surface area (Å²) in [5, 5.41) is 14.5. The van der Waals surface area contributed by atoms with Crippen molar-refractivity contribution in [3.8, 4) is 5.75 Å². The van der Waals surface area contributed by atoms with Gasteiger partial charge in [-0.3, -0.25) is 4.79 Å². The normalized spacial score (nSPS) is 11.5. The lowest BCUT2D eigenvalue weighted by atomic mass is 9.89. The Morgan fingerprint density at radius 1 is 1.26 bits per heavy atom. The van der Waals surface area contributed by atoms with Crippen molar-refractivity contribution in [3.05, 3.63) is 36.4 Å². The highest BCUT2D eigenvalue weighted by molar-refractivity contribution is 6.04. The Morgan fingerprint density at radius 2 is 1.95 bits per heavy atom. The van der Waals surface area contributed by atoms with E-state index >= 15 is 0 Å². The van der Waals surface area contributed by atoms with Crippen LogP contribution in [0.15, 0.2) is 36.4 Å². The van der Waals surface area contributed by atoms with Gasteiger partial charge in [-0.2, -0.15) is 0 Å². The SMILES string of the molecule is CCC(C)(C)C(=O)Nc1cc(O)cc2ccccc12. The van der Waals surface area contributed by atoms with Crippen molar-refractivity contribution in [3.63, 3.8) is 0 Å². The van der Waals surface area contributed by atoms with E-state index in [1.807, 2.05) is 45.0 Å². The van der Waals surface area contributed by atoms with Crippen LogP contribution in [-0.4, -0.2) is 11.0 Å². The molecule has 19 heavy (non-hydrogen) atoms. The number of hydrogen-bond donors (Lipinski definition) is 2. The fourth-order valence-corrected chi connectivity index (χ4v) is 1.85. The molecule has 0 aromatic heterocycles. The number of carbonyl (C=O) groups is 1. The van der Waals surface area contributed by atoms with Gasteiger partial charge in [0.05, 0.1) is 5.69 Å². The number of amides is 1. The molecule has 0 spiro atoms. The molecule has 0 heterocycles. The highest BCUT2D eigenvalue weighted by atomic mass is 16.3. The second kappa shape index (κ2) is 4.92. The van der Waals surface area contributed by atoms with Crippen molar-refractivity contribution in [2.24, 2.45) is 5.41 Å². The second-order valence-electron chi connectivity index (χ2n) is 5.41. The summed E-state index contributed by atoms with van der Waals surface area (Å²) < 4.78 is 0. The predicted molar refractivity (Wildman–Crippen MR) is 78.3 cm³/mol.